The van der Waals surface area contributed by atoms with Gasteiger partial charge in [0, 0.05) is 278 Å². The molecule has 0 aromatic heterocycles. The molecule has 1 nitrogen and oxygen atoms in total. The molecule has 80 valence electrons. The van der Waals surface area contributed by atoms with Gasteiger partial charge in [0.05, 0.1) is 0 Å². The molecule has 0 aromatic carbocycles. The number of rotatable bonds is 0. The van der Waals surface area contributed by atoms with Crippen molar-refractivity contribution in [2.75, 3.05) is 0 Å². The van der Waals surface area contributed by atoms with E-state index in [1.54, 1.807) is 0 Å². The first kappa shape index (κ1) is 139. The van der Waals surface area contributed by atoms with Gasteiger partial charge in [-0.15, -0.1) is 0 Å². The predicted octanol–water partition coefficient (Wildman–Crippen LogP) is -0.151. The van der Waals surface area contributed by atoms with Gasteiger partial charge in [-0.05, 0) is 0 Å². The molecule has 14 heteroatoms. The van der Waals surface area contributed by atoms with E-state index in [1.165, 1.54) is 0 Å². The molecule has 0 aliphatic heterocycles. The van der Waals surface area contributed by atoms with Gasteiger partial charge in [0.1, 0.15) is 0 Å². The fourth-order valence-corrected chi connectivity index (χ4v) is 0. The van der Waals surface area contributed by atoms with Crippen LogP contribution in [0, 0.1) is 0 Å². The fraction of sp³-hybridized carbons (Fsp3) is 0. The summed E-state index contributed by atoms with van der Waals surface area (Å²) >= 11 is 0. The maximum atomic E-state index is 0. The van der Waals surface area contributed by atoms with Crippen LogP contribution in [0.5, 0.6) is 0 Å². The molecule has 0 amide bonds. The molecule has 0 aliphatic carbocycles. The van der Waals surface area contributed by atoms with Crippen LogP contribution in [0.1, 0.15) is 0 Å². The third-order valence-corrected chi connectivity index (χ3v) is 0. The third kappa shape index (κ3) is 105. The maximum absolute atomic E-state index is 0. The quantitative estimate of drug-likeness (QED) is 0.303. The van der Waals surface area contributed by atoms with Crippen molar-refractivity contribution in [1.82, 2.24) is 0 Å². The first-order valence-electron chi connectivity index (χ1n) is 0. The summed E-state index contributed by atoms with van der Waals surface area (Å²) in [6.07, 6.45) is 0. The van der Waals surface area contributed by atoms with Crippen LogP contribution in [0.25, 0.3) is 0 Å². The van der Waals surface area contributed by atoms with Crippen LogP contribution < -0.4 is 0 Å². The van der Waals surface area contributed by atoms with E-state index in [2.05, 4.69) is 0 Å². The summed E-state index contributed by atoms with van der Waals surface area (Å²) in [5.41, 5.74) is 0. The van der Waals surface area contributed by atoms with E-state index in [1.807, 2.05) is 0 Å². The van der Waals surface area contributed by atoms with Gasteiger partial charge in [0.15, 0.2) is 0 Å². The van der Waals surface area contributed by atoms with Crippen molar-refractivity contribution in [2.24, 2.45) is 0 Å². The summed E-state index contributed by atoms with van der Waals surface area (Å²) in [5.74, 6) is 0. The molecule has 0 spiro atoms. The largest absolute Gasteiger partial charge is 0 e. The molecule has 0 heterocycles. The molecule has 2 radical (unpaired) electrons. The molecular weight excluding hydrogens is 2290 g/mol. The minimum atomic E-state index is 0. The van der Waals surface area contributed by atoms with Crippen LogP contribution in [0.15, 0.2) is 0 Å². The van der Waals surface area contributed by atoms with Crippen LogP contribution in [0.2, 0.25) is 0 Å². The minimum absolute atomic E-state index is 0. The smallest absolute Gasteiger partial charge is 0 e. The second kappa shape index (κ2) is 121. The molecule has 0 saturated heterocycles. The Bertz CT molecular complexity index is 10.3. The Kier molecular flexibility index (Phi) is 1210. The fourth-order valence-electron chi connectivity index (χ4n) is 0. The maximum Gasteiger partial charge on any atom is 0 e. The van der Waals surface area contributed by atoms with Gasteiger partial charge in [-0.2, -0.15) is 0 Å². The van der Waals surface area contributed by atoms with Crippen LogP contribution in [0.3, 0.4) is 0 Å². The number of hydrogen-bond acceptors (Lipinski definition) is 0. The summed E-state index contributed by atoms with van der Waals surface area (Å²) in [4.78, 5) is 0. The summed E-state index contributed by atoms with van der Waals surface area (Å²) in [7, 11) is 0. The molecule has 0 saturated carbocycles. The Morgan fingerprint density at radius 1 is 0.214 bits per heavy atom. The molecule has 0 rings (SSSR count). The van der Waals surface area contributed by atoms with Gasteiger partial charge in [-0.25, -0.2) is 0 Å². The predicted molar refractivity (Wildman–Crippen MR) is 0.686 cm³/mol. The van der Waals surface area contributed by atoms with E-state index in [-0.39, 0.29) is 278 Å². The van der Waals surface area contributed by atoms with Crippen molar-refractivity contribution >= 4 is 0 Å². The van der Waals surface area contributed by atoms with E-state index in [0.29, 0.717) is 0 Å². The SMILES string of the molecule is [O].[W].[W].[W].[W].[W].[W].[W].[W].[W].[W].[W].[W].[Zn]. The van der Waals surface area contributed by atoms with Crippen molar-refractivity contribution in [2.45, 2.75) is 0 Å². The van der Waals surface area contributed by atoms with Gasteiger partial charge in [-0.1, -0.05) is 0 Å². The Morgan fingerprint density at radius 3 is 0.214 bits per heavy atom. The zero-order chi connectivity index (χ0) is 0. The van der Waals surface area contributed by atoms with E-state index in [0.717, 1.165) is 0 Å². The molecule has 0 bridgehead atoms. The topological polar surface area (TPSA) is 28.5 Å². The summed E-state index contributed by atoms with van der Waals surface area (Å²) < 4.78 is 0. The van der Waals surface area contributed by atoms with Crippen LogP contribution >= 0.6 is 0 Å². The molecule has 0 atom stereocenters. The average Bonchev–Trinajstić information content (AvgIpc) is 0. The standard InChI is InChI=1S/O.12W.Zn. The van der Waals surface area contributed by atoms with Gasteiger partial charge in [0.2, 0.25) is 0 Å². The second-order valence-electron chi connectivity index (χ2n) is 0. The van der Waals surface area contributed by atoms with Gasteiger partial charge < -0.3 is 0 Å². The number of hydrogen-bond donors (Lipinski definition) is 0. The second-order valence-corrected chi connectivity index (χ2v) is 0. The van der Waals surface area contributed by atoms with Gasteiger partial charge in [-0.3, -0.25) is 0 Å². The third-order valence-electron chi connectivity index (χ3n) is 0. The first-order valence-corrected chi connectivity index (χ1v) is 0. The van der Waals surface area contributed by atoms with E-state index in [4.69, 9.17) is 0 Å². The van der Waals surface area contributed by atoms with E-state index in [9.17, 15) is 0 Å². The first-order chi connectivity index (χ1) is 0. The Morgan fingerprint density at radius 2 is 0.214 bits per heavy atom. The summed E-state index contributed by atoms with van der Waals surface area (Å²) in [5, 5.41) is 0. The summed E-state index contributed by atoms with van der Waals surface area (Å²) in [6, 6.07) is 0. The van der Waals surface area contributed by atoms with Crippen LogP contribution in [-0.2, 0) is 278 Å². The van der Waals surface area contributed by atoms with E-state index >= 15 is 0 Å². The Balaban J connectivity index is 0. The van der Waals surface area contributed by atoms with Crippen molar-refractivity contribution in [3.63, 3.8) is 0 Å². The van der Waals surface area contributed by atoms with Gasteiger partial charge in [0.25, 0.3) is 0 Å². The molecule has 0 N–H and O–H groups in total. The molecule has 0 aromatic rings. The molecular formula is OW12Zn. The minimum Gasteiger partial charge on any atom is 0 e. The van der Waals surface area contributed by atoms with E-state index < -0.39 is 0 Å². The van der Waals surface area contributed by atoms with Crippen molar-refractivity contribution in [3.05, 3.63) is 0 Å². The zero-order valence-corrected chi connectivity index (χ0v) is 44.2. The van der Waals surface area contributed by atoms with Crippen LogP contribution in [-0.4, -0.2) is 0 Å². The monoisotopic (exact) mass is 2290 g/mol. The summed E-state index contributed by atoms with van der Waals surface area (Å²) in [6.45, 7) is 0. The van der Waals surface area contributed by atoms with Crippen LogP contribution in [0.4, 0.5) is 0 Å². The van der Waals surface area contributed by atoms with Crippen molar-refractivity contribution in [1.29, 1.82) is 0 Å². The normalized spacial score (nSPS) is 0. The van der Waals surface area contributed by atoms with Crippen molar-refractivity contribution < 1.29 is 278 Å². The molecule has 0 fully saturated rings. The molecule has 0 unspecified atom stereocenters. The van der Waals surface area contributed by atoms with Crippen molar-refractivity contribution in [3.8, 4) is 0 Å². The Hall–Kier alpha value is 8.84. The van der Waals surface area contributed by atoms with Gasteiger partial charge >= 0.3 is 0 Å². The average molecular weight is 2290 g/mol. The molecule has 0 aliphatic rings. The molecule has 14 heavy (non-hydrogen) atoms. The Labute approximate surface area is 270 Å². The zero-order valence-electron chi connectivity index (χ0n) is 6.01.